The predicted molar refractivity (Wildman–Crippen MR) is 91.0 cm³/mol. The van der Waals surface area contributed by atoms with E-state index in [4.69, 9.17) is 9.47 Å². The smallest absolute Gasteiger partial charge is 0.306 e. The van der Waals surface area contributed by atoms with Crippen LogP contribution < -0.4 is 0 Å². The van der Waals surface area contributed by atoms with Gasteiger partial charge in [-0.3, -0.25) is 4.79 Å². The molecule has 0 aromatic heterocycles. The number of rotatable bonds is 2. The summed E-state index contributed by atoms with van der Waals surface area (Å²) >= 11 is 0. The summed E-state index contributed by atoms with van der Waals surface area (Å²) in [6.07, 6.45) is 10.3. The van der Waals surface area contributed by atoms with Gasteiger partial charge in [-0.15, -0.1) is 0 Å². The summed E-state index contributed by atoms with van der Waals surface area (Å²) in [5, 5.41) is 9.44. The van der Waals surface area contributed by atoms with Gasteiger partial charge in [0.1, 0.15) is 5.60 Å². The Hall–Kier alpha value is -0.610. The van der Waals surface area contributed by atoms with Crippen LogP contribution in [0.1, 0.15) is 65.2 Å². The number of ether oxygens (including phenoxy) is 2. The van der Waals surface area contributed by atoms with Crippen LogP contribution in [0.25, 0.3) is 0 Å². The van der Waals surface area contributed by atoms with E-state index in [9.17, 15) is 9.90 Å². The van der Waals surface area contributed by atoms with Crippen LogP contribution in [0, 0.1) is 34.5 Å². The highest BCUT2D eigenvalue weighted by Gasteiger charge is 2.77. The molecular formula is C21H30O4. The van der Waals surface area contributed by atoms with Crippen LogP contribution in [-0.2, 0) is 14.3 Å². The molecule has 4 nitrogen and oxygen atoms in total. The fourth-order valence-electron chi connectivity index (χ4n) is 8.57. The molecule has 4 heteroatoms. The van der Waals surface area contributed by atoms with Crippen molar-refractivity contribution in [3.63, 3.8) is 0 Å². The average molecular weight is 346 g/mol. The Morgan fingerprint density at radius 3 is 2.76 bits per heavy atom. The minimum atomic E-state index is -0.689. The van der Waals surface area contributed by atoms with Gasteiger partial charge in [-0.1, -0.05) is 13.8 Å². The van der Waals surface area contributed by atoms with E-state index in [1.165, 1.54) is 32.1 Å². The lowest BCUT2D eigenvalue weighted by molar-refractivity contribution is -0.147. The third-order valence-corrected chi connectivity index (χ3v) is 9.96. The molecule has 6 aliphatic rings. The number of hydrogen-bond acceptors (Lipinski definition) is 3. The van der Waals surface area contributed by atoms with Gasteiger partial charge >= 0.3 is 5.97 Å². The first-order chi connectivity index (χ1) is 11.9. The first-order valence-corrected chi connectivity index (χ1v) is 10.4. The van der Waals surface area contributed by atoms with E-state index in [1.54, 1.807) is 0 Å². The highest BCUT2D eigenvalue weighted by atomic mass is 16.6. The standard InChI is InChI=1S/C21H30O4/c1-19-9-16-15(24-16)7-11(19)3-4-12-13(19)5-6-20(2)14(12)8-17-21(20,25-17)10-18(22)23/h11-17H,3-10H2,1-2H3,(H,22,23)/t11-,12+,13-,14-,15-,16+,17+,19-,20-,21+/m0/s1. The highest BCUT2D eigenvalue weighted by Crippen LogP contribution is 2.74. The van der Waals surface area contributed by atoms with Gasteiger partial charge in [-0.05, 0) is 74.0 Å². The Labute approximate surface area is 149 Å². The lowest BCUT2D eigenvalue weighted by Crippen LogP contribution is -2.55. The molecule has 0 unspecified atom stereocenters. The average Bonchev–Trinajstić information content (AvgIpc) is 3.42. The summed E-state index contributed by atoms with van der Waals surface area (Å²) in [7, 11) is 0. The Balaban J connectivity index is 1.32. The molecule has 25 heavy (non-hydrogen) atoms. The fraction of sp³-hybridized carbons (Fsp3) is 0.952. The van der Waals surface area contributed by atoms with Crippen molar-refractivity contribution in [3.05, 3.63) is 0 Å². The van der Waals surface area contributed by atoms with Crippen LogP contribution in [0.2, 0.25) is 0 Å². The molecule has 4 aliphatic carbocycles. The molecule has 0 amide bonds. The van der Waals surface area contributed by atoms with Crippen LogP contribution in [0.5, 0.6) is 0 Å². The van der Waals surface area contributed by atoms with Crippen molar-refractivity contribution in [3.8, 4) is 0 Å². The summed E-state index contributed by atoms with van der Waals surface area (Å²) in [5.41, 5.74) is 0.187. The normalized spacial score (nSPS) is 63.5. The first-order valence-electron chi connectivity index (χ1n) is 10.4. The molecule has 6 fully saturated rings. The maximum absolute atomic E-state index is 11.5. The van der Waals surface area contributed by atoms with Gasteiger partial charge in [0.25, 0.3) is 0 Å². The predicted octanol–water partition coefficient (Wildman–Crippen LogP) is 3.63. The van der Waals surface area contributed by atoms with Crippen molar-refractivity contribution in [1.29, 1.82) is 0 Å². The maximum Gasteiger partial charge on any atom is 0.306 e. The van der Waals surface area contributed by atoms with Crippen LogP contribution in [0.4, 0.5) is 0 Å². The first kappa shape index (κ1) is 15.4. The molecule has 0 aromatic carbocycles. The fourth-order valence-corrected chi connectivity index (χ4v) is 8.57. The monoisotopic (exact) mass is 346 g/mol. The summed E-state index contributed by atoms with van der Waals surface area (Å²) in [4.78, 5) is 11.5. The van der Waals surface area contributed by atoms with Crippen LogP contribution in [0.3, 0.4) is 0 Å². The van der Waals surface area contributed by atoms with Crippen LogP contribution >= 0.6 is 0 Å². The minimum absolute atomic E-state index is 0.0771. The number of epoxide rings is 2. The van der Waals surface area contributed by atoms with Crippen LogP contribution in [-0.4, -0.2) is 35.0 Å². The van der Waals surface area contributed by atoms with Gasteiger partial charge < -0.3 is 14.6 Å². The van der Waals surface area contributed by atoms with Gasteiger partial charge in [0.2, 0.25) is 0 Å². The molecule has 0 bridgehead atoms. The molecule has 0 aromatic rings. The Morgan fingerprint density at radius 2 is 1.96 bits per heavy atom. The summed E-state index contributed by atoms with van der Waals surface area (Å²) < 4.78 is 12.0. The van der Waals surface area contributed by atoms with E-state index >= 15 is 0 Å². The van der Waals surface area contributed by atoms with E-state index in [-0.39, 0.29) is 23.5 Å². The molecule has 2 aliphatic heterocycles. The number of fused-ring (bicyclic) bond motifs is 8. The number of carboxylic acid groups (broad SMARTS) is 1. The number of hydrogen-bond donors (Lipinski definition) is 1. The Kier molecular flexibility index (Phi) is 2.74. The lowest BCUT2D eigenvalue weighted by atomic mass is 9.44. The molecule has 4 saturated carbocycles. The lowest BCUT2D eigenvalue weighted by Gasteiger charge is -2.60. The van der Waals surface area contributed by atoms with Crippen molar-refractivity contribution in [2.75, 3.05) is 0 Å². The van der Waals surface area contributed by atoms with Crippen molar-refractivity contribution in [2.45, 2.75) is 89.1 Å². The molecular weight excluding hydrogens is 316 g/mol. The summed E-state index contributed by atoms with van der Waals surface area (Å²) in [6, 6.07) is 0. The van der Waals surface area contributed by atoms with Crippen molar-refractivity contribution < 1.29 is 19.4 Å². The van der Waals surface area contributed by atoms with E-state index in [2.05, 4.69) is 13.8 Å². The molecule has 0 radical (unpaired) electrons. The number of carbonyl (C=O) groups is 1. The largest absolute Gasteiger partial charge is 0.481 e. The van der Waals surface area contributed by atoms with Crippen molar-refractivity contribution in [1.82, 2.24) is 0 Å². The molecule has 6 rings (SSSR count). The second-order valence-electron chi connectivity index (χ2n) is 10.6. The highest BCUT2D eigenvalue weighted by molar-refractivity contribution is 5.69. The molecule has 1 N–H and O–H groups in total. The van der Waals surface area contributed by atoms with Gasteiger partial charge in [-0.25, -0.2) is 0 Å². The molecule has 138 valence electrons. The SMILES string of the molecule is C[C@]12C[C@H]3O[C@H]3C[C@@H]1CC[C@@H]1[C@@H]2CC[C@@]2(C)[C@H]1C[C@H]1O[C@]12CC(=O)O. The van der Waals surface area contributed by atoms with E-state index in [1.807, 2.05) is 0 Å². The van der Waals surface area contributed by atoms with Crippen molar-refractivity contribution in [2.24, 2.45) is 34.5 Å². The Morgan fingerprint density at radius 1 is 1.12 bits per heavy atom. The van der Waals surface area contributed by atoms with Gasteiger partial charge in [-0.2, -0.15) is 0 Å². The zero-order chi connectivity index (χ0) is 17.2. The van der Waals surface area contributed by atoms with Gasteiger partial charge in [0.15, 0.2) is 0 Å². The number of aliphatic carboxylic acids is 1. The van der Waals surface area contributed by atoms with E-state index in [0.717, 1.165) is 30.6 Å². The third kappa shape index (κ3) is 1.74. The molecule has 10 atom stereocenters. The topological polar surface area (TPSA) is 62.4 Å². The second-order valence-corrected chi connectivity index (χ2v) is 10.6. The van der Waals surface area contributed by atoms with Gasteiger partial charge in [0, 0.05) is 5.41 Å². The zero-order valence-electron chi connectivity index (χ0n) is 15.4. The van der Waals surface area contributed by atoms with E-state index < -0.39 is 5.97 Å². The zero-order valence-corrected chi connectivity index (χ0v) is 15.4. The minimum Gasteiger partial charge on any atom is -0.481 e. The number of carboxylic acids is 1. The summed E-state index contributed by atoms with van der Waals surface area (Å²) in [5.74, 6) is 2.42. The van der Waals surface area contributed by atoms with E-state index in [0.29, 0.717) is 23.5 Å². The molecule has 0 spiro atoms. The molecule has 2 heterocycles. The maximum atomic E-state index is 11.5. The van der Waals surface area contributed by atoms with Crippen molar-refractivity contribution >= 4 is 5.97 Å². The molecule has 2 saturated heterocycles. The quantitative estimate of drug-likeness (QED) is 0.776. The van der Waals surface area contributed by atoms with Crippen LogP contribution in [0.15, 0.2) is 0 Å². The second kappa shape index (κ2) is 4.44. The summed E-state index contributed by atoms with van der Waals surface area (Å²) in [6.45, 7) is 4.92. The van der Waals surface area contributed by atoms with Gasteiger partial charge in [0.05, 0.1) is 24.7 Å². The Bertz CT molecular complexity index is 648. The third-order valence-electron chi connectivity index (χ3n) is 9.96.